The van der Waals surface area contributed by atoms with Gasteiger partial charge in [-0.15, -0.1) is 0 Å². The smallest absolute Gasteiger partial charge is 0.234 e. The van der Waals surface area contributed by atoms with Gasteiger partial charge in [0.1, 0.15) is 0 Å². The predicted octanol–water partition coefficient (Wildman–Crippen LogP) is 2.94. The zero-order valence-electron chi connectivity index (χ0n) is 20.1. The van der Waals surface area contributed by atoms with Crippen molar-refractivity contribution in [1.82, 2.24) is 14.8 Å². The second-order valence-corrected chi connectivity index (χ2v) is 8.76. The number of piperazine rings is 1. The van der Waals surface area contributed by atoms with Gasteiger partial charge in [0.15, 0.2) is 0 Å². The molecule has 0 radical (unpaired) electrons. The summed E-state index contributed by atoms with van der Waals surface area (Å²) in [6.45, 7) is 3.87. The van der Waals surface area contributed by atoms with E-state index in [0.717, 1.165) is 29.8 Å². The highest BCUT2D eigenvalue weighted by molar-refractivity contribution is 5.87. The minimum absolute atomic E-state index is 0.124. The van der Waals surface area contributed by atoms with Crippen molar-refractivity contribution in [2.45, 2.75) is 18.6 Å². The van der Waals surface area contributed by atoms with Crippen LogP contribution in [0.1, 0.15) is 22.6 Å². The first-order chi connectivity index (χ1) is 17.1. The van der Waals surface area contributed by atoms with Gasteiger partial charge in [0.2, 0.25) is 11.8 Å². The summed E-state index contributed by atoms with van der Waals surface area (Å²) in [6.07, 6.45) is 1.12. The highest BCUT2D eigenvalue weighted by atomic mass is 16.5. The molecule has 0 aliphatic carbocycles. The van der Waals surface area contributed by atoms with Crippen LogP contribution in [0.5, 0.6) is 5.88 Å². The van der Waals surface area contributed by atoms with E-state index in [4.69, 9.17) is 9.47 Å². The number of hydrogen-bond donors (Lipinski definition) is 1. The maximum Gasteiger partial charge on any atom is 0.234 e. The standard InChI is InChI=1S/C28H33N3O4/c1-34-26-13-12-22(18-29-26)20-35-21-25(32)19-30-14-16-31(17-15-30)28(33)27(23-8-4-2-5-9-23)24-10-6-3-7-11-24/h2-13,18,25,27,32H,14-17,19-21H2,1H3. The molecule has 1 atom stereocenters. The van der Waals surface area contributed by atoms with Crippen LogP contribution in [0.25, 0.3) is 0 Å². The van der Waals surface area contributed by atoms with E-state index in [0.29, 0.717) is 32.1 Å². The van der Waals surface area contributed by atoms with Gasteiger partial charge in [0, 0.05) is 45.0 Å². The number of aliphatic hydroxyl groups is 1. The highest BCUT2D eigenvalue weighted by Gasteiger charge is 2.30. The fourth-order valence-electron chi connectivity index (χ4n) is 4.38. The summed E-state index contributed by atoms with van der Waals surface area (Å²) in [4.78, 5) is 21.9. The SMILES string of the molecule is COc1ccc(COCC(O)CN2CCN(C(=O)C(c3ccccc3)c3ccccc3)CC2)cn1. The molecule has 0 saturated carbocycles. The summed E-state index contributed by atoms with van der Waals surface area (Å²) in [5, 5.41) is 10.4. The third-order valence-corrected chi connectivity index (χ3v) is 6.25. The lowest BCUT2D eigenvalue weighted by atomic mass is 9.90. The number of amides is 1. The van der Waals surface area contributed by atoms with Crippen LogP contribution in [-0.2, 0) is 16.1 Å². The summed E-state index contributed by atoms with van der Waals surface area (Å²) < 4.78 is 10.7. The first-order valence-electron chi connectivity index (χ1n) is 12.0. The monoisotopic (exact) mass is 475 g/mol. The molecule has 2 heterocycles. The molecular formula is C28H33N3O4. The number of nitrogens with zero attached hydrogens (tertiary/aromatic N) is 3. The fourth-order valence-corrected chi connectivity index (χ4v) is 4.38. The zero-order chi connectivity index (χ0) is 24.5. The van der Waals surface area contributed by atoms with E-state index in [9.17, 15) is 9.90 Å². The van der Waals surface area contributed by atoms with Crippen molar-refractivity contribution in [2.24, 2.45) is 0 Å². The molecule has 7 heteroatoms. The van der Waals surface area contributed by atoms with E-state index in [-0.39, 0.29) is 18.4 Å². The first kappa shape index (κ1) is 24.9. The Hall–Kier alpha value is -3.26. The normalized spacial score (nSPS) is 15.2. The summed E-state index contributed by atoms with van der Waals surface area (Å²) in [5.41, 5.74) is 2.94. The van der Waals surface area contributed by atoms with Crippen LogP contribution in [0.2, 0.25) is 0 Å². The Bertz CT molecular complexity index is 999. The topological polar surface area (TPSA) is 75.1 Å². The van der Waals surface area contributed by atoms with E-state index in [2.05, 4.69) is 9.88 Å². The van der Waals surface area contributed by atoms with Gasteiger partial charge in [0.05, 0.1) is 32.3 Å². The highest BCUT2D eigenvalue weighted by Crippen LogP contribution is 2.27. The first-order valence-corrected chi connectivity index (χ1v) is 12.0. The van der Waals surface area contributed by atoms with Gasteiger partial charge in [-0.05, 0) is 22.8 Å². The van der Waals surface area contributed by atoms with Crippen LogP contribution < -0.4 is 4.74 Å². The molecule has 1 fully saturated rings. The second-order valence-electron chi connectivity index (χ2n) is 8.76. The molecule has 7 nitrogen and oxygen atoms in total. The summed E-state index contributed by atoms with van der Waals surface area (Å²) in [7, 11) is 1.58. The Balaban J connectivity index is 1.26. The molecule has 4 rings (SSSR count). The van der Waals surface area contributed by atoms with Crippen molar-refractivity contribution in [3.63, 3.8) is 0 Å². The van der Waals surface area contributed by atoms with Crippen molar-refractivity contribution in [1.29, 1.82) is 0 Å². The molecule has 0 spiro atoms. The summed E-state index contributed by atoms with van der Waals surface area (Å²) in [6, 6.07) is 23.6. The van der Waals surface area contributed by atoms with Crippen LogP contribution in [0.15, 0.2) is 79.0 Å². The van der Waals surface area contributed by atoms with Crippen LogP contribution in [0.4, 0.5) is 0 Å². The predicted molar refractivity (Wildman–Crippen MR) is 134 cm³/mol. The van der Waals surface area contributed by atoms with Gasteiger partial charge in [-0.2, -0.15) is 0 Å². The quantitative estimate of drug-likeness (QED) is 0.486. The number of aliphatic hydroxyl groups excluding tert-OH is 1. The largest absolute Gasteiger partial charge is 0.481 e. The maximum atomic E-state index is 13.6. The van der Waals surface area contributed by atoms with Crippen molar-refractivity contribution in [2.75, 3.05) is 46.4 Å². The molecule has 3 aromatic rings. The van der Waals surface area contributed by atoms with Crippen LogP contribution >= 0.6 is 0 Å². The Morgan fingerprint density at radius 2 is 1.57 bits per heavy atom. The molecule has 1 aliphatic heterocycles. The minimum Gasteiger partial charge on any atom is -0.481 e. The molecule has 184 valence electrons. The number of pyridine rings is 1. The Labute approximate surface area is 206 Å². The fraction of sp³-hybridized carbons (Fsp3) is 0.357. The zero-order valence-corrected chi connectivity index (χ0v) is 20.1. The number of rotatable bonds is 10. The van der Waals surface area contributed by atoms with Crippen LogP contribution in [0.3, 0.4) is 0 Å². The van der Waals surface area contributed by atoms with Crippen LogP contribution in [-0.4, -0.2) is 78.3 Å². The van der Waals surface area contributed by atoms with Crippen LogP contribution in [0, 0.1) is 0 Å². The van der Waals surface area contributed by atoms with E-state index in [1.807, 2.05) is 71.6 Å². The second kappa shape index (κ2) is 12.4. The molecule has 35 heavy (non-hydrogen) atoms. The molecule has 1 N–H and O–H groups in total. The number of carbonyl (C=O) groups excluding carboxylic acids is 1. The number of benzene rings is 2. The Kier molecular flexibility index (Phi) is 8.84. The van der Waals surface area contributed by atoms with E-state index in [1.165, 1.54) is 0 Å². The average Bonchev–Trinajstić information content (AvgIpc) is 2.91. The van der Waals surface area contributed by atoms with Gasteiger partial charge < -0.3 is 19.5 Å². The van der Waals surface area contributed by atoms with Crippen molar-refractivity contribution < 1.29 is 19.4 Å². The molecule has 1 amide bonds. The summed E-state index contributed by atoms with van der Waals surface area (Å²) in [5.74, 6) is 0.375. The third kappa shape index (κ3) is 6.88. The molecule has 1 saturated heterocycles. The summed E-state index contributed by atoms with van der Waals surface area (Å²) >= 11 is 0. The number of β-amino-alcohol motifs (C(OH)–C–C–N with tert-alkyl or cyclic N) is 1. The number of carbonyl (C=O) groups is 1. The van der Waals surface area contributed by atoms with E-state index >= 15 is 0 Å². The number of ether oxygens (including phenoxy) is 2. The maximum absolute atomic E-state index is 13.6. The van der Waals surface area contributed by atoms with Gasteiger partial charge in [-0.1, -0.05) is 60.7 Å². The lowest BCUT2D eigenvalue weighted by Gasteiger charge is -2.37. The number of aromatic nitrogens is 1. The molecule has 1 aliphatic rings. The number of hydrogen-bond acceptors (Lipinski definition) is 6. The van der Waals surface area contributed by atoms with Gasteiger partial charge in [0.25, 0.3) is 0 Å². The molecule has 2 aromatic carbocycles. The molecule has 1 aromatic heterocycles. The lowest BCUT2D eigenvalue weighted by Crippen LogP contribution is -2.51. The third-order valence-electron chi connectivity index (χ3n) is 6.25. The minimum atomic E-state index is -0.593. The molecule has 0 bridgehead atoms. The number of methoxy groups -OCH3 is 1. The van der Waals surface area contributed by atoms with Crippen molar-refractivity contribution in [3.05, 3.63) is 95.7 Å². The van der Waals surface area contributed by atoms with E-state index < -0.39 is 6.10 Å². The molecule has 1 unspecified atom stereocenters. The van der Waals surface area contributed by atoms with E-state index in [1.54, 1.807) is 19.4 Å². The van der Waals surface area contributed by atoms with Gasteiger partial charge in [-0.25, -0.2) is 4.98 Å². The lowest BCUT2D eigenvalue weighted by molar-refractivity contribution is -0.133. The average molecular weight is 476 g/mol. The van der Waals surface area contributed by atoms with Gasteiger partial charge >= 0.3 is 0 Å². The van der Waals surface area contributed by atoms with Gasteiger partial charge in [-0.3, -0.25) is 9.69 Å². The molecular weight excluding hydrogens is 442 g/mol. The van der Waals surface area contributed by atoms with Crippen molar-refractivity contribution in [3.8, 4) is 5.88 Å². The Morgan fingerprint density at radius 3 is 2.11 bits per heavy atom. The van der Waals surface area contributed by atoms with Crippen molar-refractivity contribution >= 4 is 5.91 Å². The Morgan fingerprint density at radius 1 is 0.943 bits per heavy atom.